The molecule has 0 saturated heterocycles. The van der Waals surface area contributed by atoms with Crippen LogP contribution in [0.1, 0.15) is 19.5 Å². The van der Waals surface area contributed by atoms with E-state index in [1.165, 1.54) is 0 Å². The van der Waals surface area contributed by atoms with Crippen LogP contribution in [0.3, 0.4) is 0 Å². The number of aryl methyl sites for hydroxylation is 1. The van der Waals surface area contributed by atoms with Crippen LogP contribution in [0.4, 0.5) is 0 Å². The number of aromatic nitrogens is 2. The molecule has 1 heterocycles. The molecule has 0 bridgehead atoms. The Hall–Kier alpha value is -0.540. The third kappa shape index (κ3) is 1.93. The highest BCUT2D eigenvalue weighted by molar-refractivity contribution is 9.10. The first-order valence-corrected chi connectivity index (χ1v) is 5.66. The largest absolute Gasteiger partial charge is 0.282 e. The number of halogens is 2. The Bertz CT molecular complexity index is 437. The molecule has 0 unspecified atom stereocenters. The summed E-state index contributed by atoms with van der Waals surface area (Å²) >= 11 is 9.43. The smallest absolute Gasteiger partial charge is 0.0939 e. The fourth-order valence-electron chi connectivity index (χ4n) is 1.19. The van der Waals surface area contributed by atoms with E-state index in [4.69, 9.17) is 11.6 Å². The van der Waals surface area contributed by atoms with Crippen LogP contribution in [0.25, 0.3) is 10.9 Å². The van der Waals surface area contributed by atoms with E-state index in [0.717, 1.165) is 26.1 Å². The Morgan fingerprint density at radius 2 is 2.00 bits per heavy atom. The highest BCUT2D eigenvalue weighted by atomic mass is 79.9. The van der Waals surface area contributed by atoms with Gasteiger partial charge in [0, 0.05) is 15.6 Å². The van der Waals surface area contributed by atoms with Gasteiger partial charge in [0.25, 0.3) is 0 Å². The van der Waals surface area contributed by atoms with Crippen LogP contribution in [0.5, 0.6) is 0 Å². The van der Waals surface area contributed by atoms with Crippen LogP contribution in [0.15, 0.2) is 16.6 Å². The van der Waals surface area contributed by atoms with Gasteiger partial charge >= 0.3 is 0 Å². The van der Waals surface area contributed by atoms with E-state index in [1.807, 2.05) is 32.9 Å². The van der Waals surface area contributed by atoms with E-state index in [0.29, 0.717) is 0 Å². The fourth-order valence-corrected chi connectivity index (χ4v) is 1.82. The lowest BCUT2D eigenvalue weighted by molar-refractivity contribution is 1.07. The molecular weight excluding hydrogens is 263 g/mol. The summed E-state index contributed by atoms with van der Waals surface area (Å²) < 4.78 is 0.904. The van der Waals surface area contributed by atoms with Gasteiger partial charge in [0.2, 0.25) is 0 Å². The monoisotopic (exact) mass is 274 g/mol. The molecule has 1 aromatic carbocycles. The van der Waals surface area contributed by atoms with E-state index < -0.39 is 0 Å². The van der Waals surface area contributed by atoms with Crippen molar-refractivity contribution in [2.24, 2.45) is 0 Å². The second-order valence-electron chi connectivity index (χ2n) is 2.60. The van der Waals surface area contributed by atoms with Crippen LogP contribution in [-0.4, -0.2) is 10.2 Å². The van der Waals surface area contributed by atoms with Gasteiger partial charge in [-0.3, -0.25) is 5.10 Å². The fraction of sp³-hybridized carbons (Fsp3) is 0.300. The topological polar surface area (TPSA) is 28.7 Å². The molecule has 14 heavy (non-hydrogen) atoms. The quantitative estimate of drug-likeness (QED) is 0.762. The molecule has 76 valence electrons. The molecule has 0 aliphatic carbocycles. The zero-order valence-corrected chi connectivity index (χ0v) is 10.7. The lowest BCUT2D eigenvalue weighted by Gasteiger charge is -1.96. The van der Waals surface area contributed by atoms with Crippen molar-refractivity contribution in [3.63, 3.8) is 0 Å². The van der Waals surface area contributed by atoms with Crippen molar-refractivity contribution in [3.05, 3.63) is 27.3 Å². The van der Waals surface area contributed by atoms with Crippen LogP contribution in [-0.2, 0) is 0 Å². The first kappa shape index (κ1) is 11.5. The number of benzene rings is 1. The summed E-state index contributed by atoms with van der Waals surface area (Å²) in [6.07, 6.45) is 0. The van der Waals surface area contributed by atoms with Gasteiger partial charge in [-0.05, 0) is 35.0 Å². The molecule has 0 saturated carbocycles. The van der Waals surface area contributed by atoms with Crippen molar-refractivity contribution in [2.75, 3.05) is 0 Å². The summed E-state index contributed by atoms with van der Waals surface area (Å²) in [6, 6.07) is 3.82. The van der Waals surface area contributed by atoms with Crippen molar-refractivity contribution in [1.82, 2.24) is 10.2 Å². The average molecular weight is 276 g/mol. The van der Waals surface area contributed by atoms with Crippen molar-refractivity contribution in [3.8, 4) is 0 Å². The van der Waals surface area contributed by atoms with Gasteiger partial charge in [0.15, 0.2) is 0 Å². The van der Waals surface area contributed by atoms with Crippen LogP contribution >= 0.6 is 27.5 Å². The molecule has 0 spiro atoms. The minimum atomic E-state index is 0.721. The molecule has 0 amide bonds. The summed E-state index contributed by atoms with van der Waals surface area (Å²) in [5.74, 6) is 0. The Morgan fingerprint density at radius 1 is 1.36 bits per heavy atom. The van der Waals surface area contributed by atoms with Crippen LogP contribution < -0.4 is 0 Å². The van der Waals surface area contributed by atoms with Gasteiger partial charge in [0.05, 0.1) is 10.5 Å². The average Bonchev–Trinajstić information content (AvgIpc) is 2.58. The van der Waals surface area contributed by atoms with E-state index in [9.17, 15) is 0 Å². The van der Waals surface area contributed by atoms with Gasteiger partial charge in [-0.25, -0.2) is 0 Å². The molecule has 2 rings (SSSR count). The minimum absolute atomic E-state index is 0.721. The molecule has 4 heteroatoms. The summed E-state index contributed by atoms with van der Waals surface area (Å²) in [4.78, 5) is 0. The predicted octanol–water partition coefficient (Wildman–Crippen LogP) is 4.31. The second kappa shape index (κ2) is 4.80. The van der Waals surface area contributed by atoms with Crippen LogP contribution in [0.2, 0.25) is 5.02 Å². The Balaban J connectivity index is 0.000000461. The number of hydrogen-bond acceptors (Lipinski definition) is 1. The molecular formula is C10H12BrClN2. The van der Waals surface area contributed by atoms with Crippen LogP contribution in [0, 0.1) is 6.92 Å². The SMILES string of the molecule is CC.Cc1[nH]nc2ccc(Br)c(Cl)c12. The molecule has 1 aromatic heterocycles. The van der Waals surface area contributed by atoms with Gasteiger partial charge < -0.3 is 0 Å². The zero-order chi connectivity index (χ0) is 10.7. The maximum absolute atomic E-state index is 6.07. The van der Waals surface area contributed by atoms with Crippen molar-refractivity contribution in [2.45, 2.75) is 20.8 Å². The van der Waals surface area contributed by atoms with Crippen molar-refractivity contribution < 1.29 is 0 Å². The number of hydrogen-bond donors (Lipinski definition) is 1. The Morgan fingerprint density at radius 3 is 2.64 bits per heavy atom. The van der Waals surface area contributed by atoms with E-state index >= 15 is 0 Å². The van der Waals surface area contributed by atoms with Gasteiger partial charge in [-0.2, -0.15) is 5.10 Å². The second-order valence-corrected chi connectivity index (χ2v) is 3.84. The molecule has 0 radical (unpaired) electrons. The van der Waals surface area contributed by atoms with Crippen molar-refractivity contribution in [1.29, 1.82) is 0 Å². The maximum atomic E-state index is 6.07. The highest BCUT2D eigenvalue weighted by Gasteiger charge is 2.07. The van der Waals surface area contributed by atoms with E-state index in [-0.39, 0.29) is 0 Å². The summed E-state index contributed by atoms with van der Waals surface area (Å²) in [5, 5.41) is 8.69. The molecule has 0 aliphatic rings. The Kier molecular flexibility index (Phi) is 3.96. The third-order valence-electron chi connectivity index (χ3n) is 1.79. The number of aromatic amines is 1. The lowest BCUT2D eigenvalue weighted by atomic mass is 10.2. The number of fused-ring (bicyclic) bond motifs is 1. The normalized spacial score (nSPS) is 9.79. The first-order chi connectivity index (χ1) is 6.70. The van der Waals surface area contributed by atoms with E-state index in [1.54, 1.807) is 0 Å². The standard InChI is InChI=1S/C8H6BrClN2.C2H6/c1-4-7-6(12-11-4)3-2-5(9)8(7)10;1-2/h2-3H,1H3,(H,11,12);1-2H3. The summed E-state index contributed by atoms with van der Waals surface area (Å²) in [7, 11) is 0. The maximum Gasteiger partial charge on any atom is 0.0939 e. The lowest BCUT2D eigenvalue weighted by Crippen LogP contribution is -1.74. The minimum Gasteiger partial charge on any atom is -0.282 e. The predicted molar refractivity (Wildman–Crippen MR) is 64.9 cm³/mol. The molecule has 1 N–H and O–H groups in total. The highest BCUT2D eigenvalue weighted by Crippen LogP contribution is 2.31. The molecule has 0 atom stereocenters. The number of nitrogens with zero attached hydrogens (tertiary/aromatic N) is 1. The molecule has 0 fully saturated rings. The summed E-state index contributed by atoms with van der Waals surface area (Å²) in [6.45, 7) is 5.95. The molecule has 2 aromatic rings. The van der Waals surface area contributed by atoms with E-state index in [2.05, 4.69) is 26.1 Å². The molecule has 0 aliphatic heterocycles. The number of rotatable bonds is 0. The van der Waals surface area contributed by atoms with Crippen molar-refractivity contribution >= 4 is 38.4 Å². The third-order valence-corrected chi connectivity index (χ3v) is 3.07. The summed E-state index contributed by atoms with van der Waals surface area (Å²) in [5.41, 5.74) is 1.90. The number of H-pyrrole nitrogens is 1. The Labute approximate surface area is 96.8 Å². The number of nitrogens with one attached hydrogen (secondary N) is 1. The first-order valence-electron chi connectivity index (χ1n) is 4.49. The zero-order valence-electron chi connectivity index (χ0n) is 8.36. The molecule has 2 nitrogen and oxygen atoms in total. The van der Waals surface area contributed by atoms with Gasteiger partial charge in [0.1, 0.15) is 0 Å². The van der Waals surface area contributed by atoms with Gasteiger partial charge in [-0.1, -0.05) is 25.4 Å². The van der Waals surface area contributed by atoms with Gasteiger partial charge in [-0.15, -0.1) is 0 Å².